The highest BCUT2D eigenvalue weighted by Crippen LogP contribution is 2.21. The van der Waals surface area contributed by atoms with E-state index < -0.39 is 10.0 Å². The zero-order valence-electron chi connectivity index (χ0n) is 12.1. The van der Waals surface area contributed by atoms with Crippen molar-refractivity contribution in [1.29, 1.82) is 0 Å². The van der Waals surface area contributed by atoms with Gasteiger partial charge < -0.3 is 0 Å². The Labute approximate surface area is 138 Å². The summed E-state index contributed by atoms with van der Waals surface area (Å²) < 4.78 is 25.4. The summed E-state index contributed by atoms with van der Waals surface area (Å²) in [5.41, 5.74) is 1.99. The van der Waals surface area contributed by atoms with Crippen molar-refractivity contribution in [2.75, 3.05) is 15.9 Å². The molecular formula is C16H16BrNO3S. The summed E-state index contributed by atoms with van der Waals surface area (Å²) in [5.74, 6) is -0.0412. The van der Waals surface area contributed by atoms with Crippen molar-refractivity contribution in [2.24, 2.45) is 0 Å². The minimum atomic E-state index is -3.42. The number of carbonyl (C=O) groups excluding carboxylic acids is 1. The maximum absolute atomic E-state index is 12.1. The minimum Gasteiger partial charge on any atom is -0.293 e. The molecule has 6 heteroatoms. The van der Waals surface area contributed by atoms with E-state index in [1.54, 1.807) is 24.3 Å². The Balaban J connectivity index is 2.32. The Bertz CT molecular complexity index is 743. The van der Waals surface area contributed by atoms with Crippen LogP contribution in [-0.2, 0) is 16.6 Å². The Kier molecular flexibility index (Phi) is 5.37. The number of hydrogen-bond donors (Lipinski definition) is 0. The van der Waals surface area contributed by atoms with Gasteiger partial charge in [0.2, 0.25) is 10.0 Å². The van der Waals surface area contributed by atoms with Gasteiger partial charge in [0.25, 0.3) is 0 Å². The van der Waals surface area contributed by atoms with E-state index in [0.717, 1.165) is 5.56 Å². The van der Waals surface area contributed by atoms with Crippen LogP contribution in [0.25, 0.3) is 0 Å². The molecule has 0 atom stereocenters. The first kappa shape index (κ1) is 16.7. The van der Waals surface area contributed by atoms with Crippen LogP contribution in [0.3, 0.4) is 0 Å². The van der Waals surface area contributed by atoms with Crippen LogP contribution in [0, 0.1) is 0 Å². The molecule has 0 aliphatic carbocycles. The third-order valence-corrected chi connectivity index (χ3v) is 4.82. The second kappa shape index (κ2) is 7.07. The van der Waals surface area contributed by atoms with Gasteiger partial charge in [0.15, 0.2) is 5.78 Å². The van der Waals surface area contributed by atoms with Gasteiger partial charge in [0, 0.05) is 5.56 Å². The number of sulfonamides is 1. The Morgan fingerprint density at radius 1 is 1.05 bits per heavy atom. The molecule has 0 spiro atoms. The lowest BCUT2D eigenvalue weighted by molar-refractivity contribution is 0.102. The molecule has 2 aromatic rings. The van der Waals surface area contributed by atoms with Crippen molar-refractivity contribution in [2.45, 2.75) is 6.54 Å². The van der Waals surface area contributed by atoms with Crippen LogP contribution < -0.4 is 4.31 Å². The number of Topliss-reactive ketones (excluding diaryl/α,β-unsaturated/α-hetero) is 1. The highest BCUT2D eigenvalue weighted by atomic mass is 79.9. The topological polar surface area (TPSA) is 54.5 Å². The first-order valence-electron chi connectivity index (χ1n) is 6.62. The van der Waals surface area contributed by atoms with Gasteiger partial charge in [-0.2, -0.15) is 0 Å². The van der Waals surface area contributed by atoms with E-state index in [9.17, 15) is 13.2 Å². The van der Waals surface area contributed by atoms with Gasteiger partial charge in [0.05, 0.1) is 23.8 Å². The highest BCUT2D eigenvalue weighted by molar-refractivity contribution is 9.09. The number of halogens is 1. The smallest absolute Gasteiger partial charge is 0.232 e. The SMILES string of the molecule is CS(=O)(=O)N(Cc1ccccc1)c1ccc(C(=O)CBr)cc1. The molecule has 0 unspecified atom stereocenters. The number of alkyl halides is 1. The van der Waals surface area contributed by atoms with E-state index in [2.05, 4.69) is 15.9 Å². The van der Waals surface area contributed by atoms with Crippen molar-refractivity contribution < 1.29 is 13.2 Å². The maximum Gasteiger partial charge on any atom is 0.232 e. The Morgan fingerprint density at radius 2 is 1.64 bits per heavy atom. The summed E-state index contributed by atoms with van der Waals surface area (Å²) in [5, 5.41) is 0.242. The van der Waals surface area contributed by atoms with Crippen molar-refractivity contribution in [3.63, 3.8) is 0 Å². The first-order chi connectivity index (χ1) is 10.4. The second-order valence-electron chi connectivity index (χ2n) is 4.86. The number of rotatable bonds is 6. The molecule has 0 aromatic heterocycles. The largest absolute Gasteiger partial charge is 0.293 e. The molecule has 22 heavy (non-hydrogen) atoms. The van der Waals surface area contributed by atoms with E-state index in [1.807, 2.05) is 30.3 Å². The van der Waals surface area contributed by atoms with E-state index >= 15 is 0 Å². The van der Waals surface area contributed by atoms with Crippen molar-refractivity contribution in [1.82, 2.24) is 0 Å². The average molecular weight is 382 g/mol. The molecule has 0 saturated heterocycles. The van der Waals surface area contributed by atoms with E-state index in [-0.39, 0.29) is 17.7 Å². The molecule has 0 bridgehead atoms. The summed E-state index contributed by atoms with van der Waals surface area (Å²) in [7, 11) is -3.42. The summed E-state index contributed by atoms with van der Waals surface area (Å²) >= 11 is 3.12. The average Bonchev–Trinajstić information content (AvgIpc) is 2.52. The normalized spacial score (nSPS) is 11.2. The number of ketones is 1. The predicted molar refractivity (Wildman–Crippen MR) is 92.0 cm³/mol. The molecule has 0 aliphatic heterocycles. The molecule has 2 rings (SSSR count). The van der Waals surface area contributed by atoms with Gasteiger partial charge in [-0.3, -0.25) is 9.10 Å². The number of anilines is 1. The zero-order chi connectivity index (χ0) is 16.2. The van der Waals surface area contributed by atoms with E-state index in [0.29, 0.717) is 11.3 Å². The lowest BCUT2D eigenvalue weighted by atomic mass is 10.1. The van der Waals surface area contributed by atoms with Crippen molar-refractivity contribution in [3.8, 4) is 0 Å². The highest BCUT2D eigenvalue weighted by Gasteiger charge is 2.18. The molecule has 2 aromatic carbocycles. The van der Waals surface area contributed by atoms with Gasteiger partial charge >= 0.3 is 0 Å². The van der Waals surface area contributed by atoms with Gasteiger partial charge in [-0.15, -0.1) is 0 Å². The number of carbonyl (C=O) groups is 1. The van der Waals surface area contributed by atoms with Crippen LogP contribution in [-0.4, -0.2) is 25.8 Å². The summed E-state index contributed by atoms with van der Waals surface area (Å²) in [4.78, 5) is 11.6. The van der Waals surface area contributed by atoms with Crippen LogP contribution in [0.15, 0.2) is 54.6 Å². The fourth-order valence-electron chi connectivity index (χ4n) is 2.04. The van der Waals surface area contributed by atoms with E-state index in [4.69, 9.17) is 0 Å². The molecular weight excluding hydrogens is 366 g/mol. The van der Waals surface area contributed by atoms with Crippen molar-refractivity contribution >= 4 is 37.4 Å². The summed E-state index contributed by atoms with van der Waals surface area (Å²) in [6.45, 7) is 0.255. The van der Waals surface area contributed by atoms with Gasteiger partial charge in [-0.25, -0.2) is 8.42 Å². The molecule has 0 heterocycles. The minimum absolute atomic E-state index is 0.0412. The fourth-order valence-corrected chi connectivity index (χ4v) is 3.25. The van der Waals surface area contributed by atoms with Crippen LogP contribution in [0.2, 0.25) is 0 Å². The molecule has 0 saturated carbocycles. The zero-order valence-corrected chi connectivity index (χ0v) is 14.5. The fraction of sp³-hybridized carbons (Fsp3) is 0.188. The molecule has 4 nitrogen and oxygen atoms in total. The maximum atomic E-state index is 12.1. The van der Waals surface area contributed by atoms with Gasteiger partial charge in [-0.1, -0.05) is 46.3 Å². The first-order valence-corrected chi connectivity index (χ1v) is 9.59. The summed E-state index contributed by atoms with van der Waals surface area (Å²) in [6.07, 6.45) is 1.17. The molecule has 0 fully saturated rings. The lowest BCUT2D eigenvalue weighted by Crippen LogP contribution is -2.29. The number of nitrogens with zero attached hydrogens (tertiary/aromatic N) is 1. The molecule has 0 radical (unpaired) electrons. The second-order valence-corrected chi connectivity index (χ2v) is 7.33. The standard InChI is InChI=1S/C16H16BrNO3S/c1-22(20,21)18(12-13-5-3-2-4-6-13)15-9-7-14(8-10-15)16(19)11-17/h2-10H,11-12H2,1H3. The van der Waals surface area contributed by atoms with Crippen LogP contribution in [0.5, 0.6) is 0 Å². The third kappa shape index (κ3) is 4.18. The monoisotopic (exact) mass is 381 g/mol. The molecule has 0 aliphatic rings. The molecule has 0 amide bonds. The quantitative estimate of drug-likeness (QED) is 0.570. The number of hydrogen-bond acceptors (Lipinski definition) is 3. The lowest BCUT2D eigenvalue weighted by Gasteiger charge is -2.22. The van der Waals surface area contributed by atoms with Gasteiger partial charge in [-0.05, 0) is 29.8 Å². The predicted octanol–water partition coefficient (Wildman–Crippen LogP) is 3.23. The van der Waals surface area contributed by atoms with E-state index in [1.165, 1.54) is 10.6 Å². The van der Waals surface area contributed by atoms with Crippen LogP contribution >= 0.6 is 15.9 Å². The van der Waals surface area contributed by atoms with Crippen LogP contribution in [0.4, 0.5) is 5.69 Å². The number of benzene rings is 2. The molecule has 116 valence electrons. The Hall–Kier alpha value is -1.66. The van der Waals surface area contributed by atoms with Gasteiger partial charge in [0.1, 0.15) is 0 Å². The third-order valence-electron chi connectivity index (χ3n) is 3.17. The summed E-state index contributed by atoms with van der Waals surface area (Å²) in [6, 6.07) is 16.0. The Morgan fingerprint density at radius 3 is 2.14 bits per heavy atom. The van der Waals surface area contributed by atoms with Crippen molar-refractivity contribution in [3.05, 3.63) is 65.7 Å². The molecule has 0 N–H and O–H groups in total. The van der Waals surface area contributed by atoms with Crippen LogP contribution in [0.1, 0.15) is 15.9 Å².